The summed E-state index contributed by atoms with van der Waals surface area (Å²) in [6, 6.07) is 14.4. The van der Waals surface area contributed by atoms with Gasteiger partial charge in [-0.1, -0.05) is 52.3 Å². The molecule has 1 aliphatic rings. The molecular formula is C18H19BrO2. The molecule has 2 atom stereocenters. The van der Waals surface area contributed by atoms with Crippen molar-refractivity contribution in [2.24, 2.45) is 0 Å². The molecule has 0 aliphatic carbocycles. The number of hydrogen-bond donors (Lipinski definition) is 1. The van der Waals surface area contributed by atoms with E-state index >= 15 is 0 Å². The fourth-order valence-electron chi connectivity index (χ4n) is 2.90. The van der Waals surface area contributed by atoms with Gasteiger partial charge in [0.15, 0.2) is 0 Å². The van der Waals surface area contributed by atoms with Crippen molar-refractivity contribution in [3.05, 3.63) is 69.2 Å². The van der Waals surface area contributed by atoms with Crippen LogP contribution in [-0.4, -0.2) is 11.7 Å². The lowest BCUT2D eigenvalue weighted by Gasteiger charge is -2.28. The second kappa shape index (κ2) is 6.30. The number of hydrogen-bond acceptors (Lipinski definition) is 2. The van der Waals surface area contributed by atoms with Gasteiger partial charge in [0.25, 0.3) is 0 Å². The molecule has 1 N–H and O–H groups in total. The quantitative estimate of drug-likeness (QED) is 0.886. The van der Waals surface area contributed by atoms with Crippen molar-refractivity contribution in [2.75, 3.05) is 6.61 Å². The first-order valence-corrected chi connectivity index (χ1v) is 8.08. The van der Waals surface area contributed by atoms with Crippen molar-refractivity contribution >= 4 is 15.9 Å². The van der Waals surface area contributed by atoms with Gasteiger partial charge in [0.2, 0.25) is 0 Å². The van der Waals surface area contributed by atoms with Crippen LogP contribution in [0.25, 0.3) is 0 Å². The minimum absolute atomic E-state index is 0.0295. The minimum atomic E-state index is -0.531. The second-order valence-corrected chi connectivity index (χ2v) is 6.44. The molecule has 2 unspecified atom stereocenters. The third-order valence-electron chi connectivity index (χ3n) is 4.04. The van der Waals surface area contributed by atoms with E-state index in [1.54, 1.807) is 0 Å². The Hall–Kier alpha value is -1.16. The van der Waals surface area contributed by atoms with Gasteiger partial charge in [-0.05, 0) is 41.7 Å². The lowest BCUT2D eigenvalue weighted by Crippen LogP contribution is -2.18. The lowest BCUT2D eigenvalue weighted by atomic mass is 9.92. The zero-order chi connectivity index (χ0) is 14.8. The summed E-state index contributed by atoms with van der Waals surface area (Å²) >= 11 is 3.54. The summed E-state index contributed by atoms with van der Waals surface area (Å²) in [5.41, 5.74) is 4.65. The Kier molecular flexibility index (Phi) is 4.43. The van der Waals surface area contributed by atoms with Crippen molar-refractivity contribution in [3.63, 3.8) is 0 Å². The SMILES string of the molecule is Cc1ccc(C(O)CC2OCCc3ccccc32)c(Br)c1. The van der Waals surface area contributed by atoms with Gasteiger partial charge in [-0.3, -0.25) is 0 Å². The molecule has 1 aliphatic heterocycles. The van der Waals surface area contributed by atoms with Gasteiger partial charge in [-0.25, -0.2) is 0 Å². The fourth-order valence-corrected chi connectivity index (χ4v) is 3.66. The number of halogens is 1. The Morgan fingerprint density at radius 2 is 2.10 bits per heavy atom. The highest BCUT2D eigenvalue weighted by atomic mass is 79.9. The van der Waals surface area contributed by atoms with E-state index in [4.69, 9.17) is 4.74 Å². The van der Waals surface area contributed by atoms with E-state index in [1.165, 1.54) is 16.7 Å². The average Bonchev–Trinajstić information content (AvgIpc) is 2.47. The van der Waals surface area contributed by atoms with Gasteiger partial charge in [0.1, 0.15) is 0 Å². The molecule has 110 valence electrons. The van der Waals surface area contributed by atoms with Gasteiger partial charge >= 0.3 is 0 Å². The molecule has 0 fully saturated rings. The van der Waals surface area contributed by atoms with Crippen molar-refractivity contribution in [2.45, 2.75) is 32.0 Å². The smallest absolute Gasteiger partial charge is 0.0855 e. The molecule has 3 rings (SSSR count). The highest BCUT2D eigenvalue weighted by Gasteiger charge is 2.24. The summed E-state index contributed by atoms with van der Waals surface area (Å²) in [7, 11) is 0. The molecule has 3 heteroatoms. The van der Waals surface area contributed by atoms with E-state index in [1.807, 2.05) is 31.2 Å². The molecule has 1 heterocycles. The van der Waals surface area contributed by atoms with Crippen molar-refractivity contribution in [3.8, 4) is 0 Å². The molecule has 2 nitrogen and oxygen atoms in total. The molecule has 2 aromatic carbocycles. The van der Waals surface area contributed by atoms with Crippen LogP contribution in [-0.2, 0) is 11.2 Å². The number of aryl methyl sites for hydroxylation is 1. The molecule has 0 amide bonds. The number of rotatable bonds is 3. The summed E-state index contributed by atoms with van der Waals surface area (Å²) in [4.78, 5) is 0. The zero-order valence-corrected chi connectivity index (χ0v) is 13.6. The van der Waals surface area contributed by atoms with Crippen LogP contribution < -0.4 is 0 Å². The van der Waals surface area contributed by atoms with Crippen LogP contribution >= 0.6 is 15.9 Å². The van der Waals surface area contributed by atoms with Crippen LogP contribution in [0.3, 0.4) is 0 Å². The maximum atomic E-state index is 10.6. The Labute approximate surface area is 133 Å². The van der Waals surface area contributed by atoms with Gasteiger partial charge in [0, 0.05) is 10.9 Å². The topological polar surface area (TPSA) is 29.5 Å². The molecule has 0 aromatic heterocycles. The largest absolute Gasteiger partial charge is 0.388 e. The third-order valence-corrected chi connectivity index (χ3v) is 4.73. The summed E-state index contributed by atoms with van der Waals surface area (Å²) < 4.78 is 6.84. The van der Waals surface area contributed by atoms with Crippen LogP contribution in [0, 0.1) is 6.92 Å². The summed E-state index contributed by atoms with van der Waals surface area (Å²) in [6.45, 7) is 2.77. The summed E-state index contributed by atoms with van der Waals surface area (Å²) in [6.07, 6.45) is 0.977. The minimum Gasteiger partial charge on any atom is -0.388 e. The normalized spacial score (nSPS) is 19.1. The van der Waals surface area contributed by atoms with Gasteiger partial charge in [0.05, 0.1) is 18.8 Å². The number of aliphatic hydroxyl groups is 1. The molecule has 0 radical (unpaired) electrons. The molecule has 2 aromatic rings. The van der Waals surface area contributed by atoms with Gasteiger partial charge in [-0.2, -0.15) is 0 Å². The van der Waals surface area contributed by atoms with E-state index in [9.17, 15) is 5.11 Å². The van der Waals surface area contributed by atoms with Crippen LogP contribution in [0.2, 0.25) is 0 Å². The Balaban J connectivity index is 1.81. The third kappa shape index (κ3) is 3.20. The molecule has 0 bridgehead atoms. The van der Waals surface area contributed by atoms with E-state index in [0.29, 0.717) is 6.42 Å². The van der Waals surface area contributed by atoms with Crippen LogP contribution in [0.1, 0.15) is 40.9 Å². The average molecular weight is 347 g/mol. The monoisotopic (exact) mass is 346 g/mol. The highest BCUT2D eigenvalue weighted by molar-refractivity contribution is 9.10. The predicted molar refractivity (Wildman–Crippen MR) is 87.3 cm³/mol. The van der Waals surface area contributed by atoms with Crippen LogP contribution in [0.4, 0.5) is 0 Å². The van der Waals surface area contributed by atoms with Crippen molar-refractivity contribution < 1.29 is 9.84 Å². The molecule has 0 spiro atoms. The molecule has 21 heavy (non-hydrogen) atoms. The maximum Gasteiger partial charge on any atom is 0.0855 e. The van der Waals surface area contributed by atoms with Crippen LogP contribution in [0.15, 0.2) is 46.9 Å². The first-order chi connectivity index (χ1) is 10.1. The predicted octanol–water partition coefficient (Wildman–Crippen LogP) is 4.50. The Morgan fingerprint density at radius 1 is 1.29 bits per heavy atom. The zero-order valence-electron chi connectivity index (χ0n) is 12.1. The first-order valence-electron chi connectivity index (χ1n) is 7.28. The fraction of sp³-hybridized carbons (Fsp3) is 0.333. The number of ether oxygens (including phenoxy) is 1. The number of fused-ring (bicyclic) bond motifs is 1. The standard InChI is InChI=1S/C18H19BrO2/c1-12-6-7-15(16(19)10-12)17(20)11-18-14-5-3-2-4-13(14)8-9-21-18/h2-7,10,17-18,20H,8-9,11H2,1H3. The van der Waals surface area contributed by atoms with Gasteiger partial charge < -0.3 is 9.84 Å². The van der Waals surface area contributed by atoms with E-state index in [2.05, 4.69) is 34.1 Å². The van der Waals surface area contributed by atoms with E-state index in [-0.39, 0.29) is 6.10 Å². The molecule has 0 saturated carbocycles. The molecular weight excluding hydrogens is 328 g/mol. The van der Waals surface area contributed by atoms with Crippen molar-refractivity contribution in [1.29, 1.82) is 0 Å². The molecule has 0 saturated heterocycles. The Morgan fingerprint density at radius 3 is 2.90 bits per heavy atom. The van der Waals surface area contributed by atoms with E-state index < -0.39 is 6.10 Å². The Bertz CT molecular complexity index is 639. The van der Waals surface area contributed by atoms with Crippen LogP contribution in [0.5, 0.6) is 0 Å². The lowest BCUT2D eigenvalue weighted by molar-refractivity contribution is 0.00361. The summed E-state index contributed by atoms with van der Waals surface area (Å²) in [5.74, 6) is 0. The maximum absolute atomic E-state index is 10.6. The highest BCUT2D eigenvalue weighted by Crippen LogP contribution is 2.36. The van der Waals surface area contributed by atoms with Crippen molar-refractivity contribution in [1.82, 2.24) is 0 Å². The van der Waals surface area contributed by atoms with E-state index in [0.717, 1.165) is 23.1 Å². The second-order valence-electron chi connectivity index (χ2n) is 5.58. The van der Waals surface area contributed by atoms with Gasteiger partial charge in [-0.15, -0.1) is 0 Å². The summed E-state index contributed by atoms with van der Waals surface area (Å²) in [5, 5.41) is 10.6. The number of benzene rings is 2. The first kappa shape index (κ1) is 14.8. The number of aliphatic hydroxyl groups excluding tert-OH is 1.